The van der Waals surface area contributed by atoms with E-state index in [2.05, 4.69) is 22.2 Å². The van der Waals surface area contributed by atoms with Gasteiger partial charge < -0.3 is 10.2 Å². The summed E-state index contributed by atoms with van der Waals surface area (Å²) < 4.78 is 0. The van der Waals surface area contributed by atoms with Crippen LogP contribution in [0.3, 0.4) is 0 Å². The zero-order chi connectivity index (χ0) is 16.5. The Kier molecular flexibility index (Phi) is 6.54. The van der Waals surface area contributed by atoms with Crippen LogP contribution in [0.15, 0.2) is 42.7 Å². The number of unbranched alkanes of at least 4 members (excludes halogenated alkanes) is 2. The van der Waals surface area contributed by atoms with Crippen molar-refractivity contribution in [2.24, 2.45) is 0 Å². The van der Waals surface area contributed by atoms with Crippen LogP contribution in [0.2, 0.25) is 0 Å². The fraction of sp³-hybridized carbons (Fsp3) is 0.389. The number of amides is 1. The summed E-state index contributed by atoms with van der Waals surface area (Å²) in [5, 5.41) is 3.17. The van der Waals surface area contributed by atoms with E-state index in [1.807, 2.05) is 30.3 Å². The van der Waals surface area contributed by atoms with E-state index in [4.69, 9.17) is 0 Å². The first kappa shape index (κ1) is 16.9. The van der Waals surface area contributed by atoms with Gasteiger partial charge in [0.2, 0.25) is 5.95 Å². The van der Waals surface area contributed by atoms with Gasteiger partial charge in [0.1, 0.15) is 0 Å². The first-order valence-corrected chi connectivity index (χ1v) is 8.06. The van der Waals surface area contributed by atoms with E-state index in [-0.39, 0.29) is 5.91 Å². The lowest BCUT2D eigenvalue weighted by Crippen LogP contribution is -2.26. The molecule has 2 aromatic rings. The first-order valence-electron chi connectivity index (χ1n) is 8.06. The zero-order valence-corrected chi connectivity index (χ0v) is 13.8. The van der Waals surface area contributed by atoms with E-state index in [9.17, 15) is 4.79 Å². The van der Waals surface area contributed by atoms with E-state index in [1.54, 1.807) is 24.3 Å². The molecule has 1 amide bonds. The van der Waals surface area contributed by atoms with Crippen LogP contribution >= 0.6 is 0 Å². The molecular weight excluding hydrogens is 288 g/mol. The summed E-state index contributed by atoms with van der Waals surface area (Å²) >= 11 is 0. The molecule has 122 valence electrons. The molecule has 0 aliphatic carbocycles. The number of rotatable bonds is 8. The number of hydrogen-bond donors (Lipinski definition) is 1. The van der Waals surface area contributed by atoms with Crippen LogP contribution in [0.5, 0.6) is 0 Å². The molecule has 0 aliphatic rings. The van der Waals surface area contributed by atoms with E-state index in [0.717, 1.165) is 18.5 Å². The highest BCUT2D eigenvalue weighted by atomic mass is 16.2. The highest BCUT2D eigenvalue weighted by Gasteiger charge is 2.13. The van der Waals surface area contributed by atoms with Crippen LogP contribution in [0.4, 0.5) is 5.95 Å². The van der Waals surface area contributed by atoms with Gasteiger partial charge in [0, 0.05) is 32.5 Å². The van der Waals surface area contributed by atoms with Crippen LogP contribution in [0, 0.1) is 0 Å². The summed E-state index contributed by atoms with van der Waals surface area (Å²) in [7, 11) is 1.78. The molecule has 0 fully saturated rings. The minimum Gasteiger partial charge on any atom is -0.354 e. The quantitative estimate of drug-likeness (QED) is 0.759. The standard InChI is InChI=1S/C18H24N4O/c1-3-4-8-11-19-18-20-12-16(13-21-18)17(23)22(2)14-15-9-6-5-7-10-15/h5-7,9-10,12-13H,3-4,8,11,14H2,1-2H3,(H,19,20,21). The van der Waals surface area contributed by atoms with Gasteiger partial charge in [-0.25, -0.2) is 9.97 Å². The van der Waals surface area contributed by atoms with Crippen molar-refractivity contribution in [2.75, 3.05) is 18.9 Å². The zero-order valence-electron chi connectivity index (χ0n) is 13.8. The van der Waals surface area contributed by atoms with E-state index in [0.29, 0.717) is 18.1 Å². The number of carbonyl (C=O) groups is 1. The minimum atomic E-state index is -0.0774. The number of carbonyl (C=O) groups excluding carboxylic acids is 1. The molecule has 1 aromatic heterocycles. The number of aromatic nitrogens is 2. The van der Waals surface area contributed by atoms with Gasteiger partial charge in [-0.1, -0.05) is 50.1 Å². The lowest BCUT2D eigenvalue weighted by Gasteiger charge is -2.17. The van der Waals surface area contributed by atoms with Gasteiger partial charge in [-0.3, -0.25) is 4.79 Å². The third-order valence-corrected chi connectivity index (χ3v) is 3.57. The second-order valence-electron chi connectivity index (χ2n) is 5.58. The molecular formula is C18H24N4O. The molecule has 0 atom stereocenters. The average Bonchev–Trinajstić information content (AvgIpc) is 2.59. The molecule has 1 N–H and O–H groups in total. The van der Waals surface area contributed by atoms with Gasteiger partial charge in [0.05, 0.1) is 5.56 Å². The van der Waals surface area contributed by atoms with Crippen molar-refractivity contribution in [1.82, 2.24) is 14.9 Å². The fourth-order valence-corrected chi connectivity index (χ4v) is 2.25. The van der Waals surface area contributed by atoms with Crippen LogP contribution in [-0.2, 0) is 6.54 Å². The minimum absolute atomic E-state index is 0.0774. The Morgan fingerprint density at radius 3 is 2.48 bits per heavy atom. The van der Waals surface area contributed by atoms with Crippen LogP contribution in [0.1, 0.15) is 42.1 Å². The van der Waals surface area contributed by atoms with Crippen molar-refractivity contribution in [3.63, 3.8) is 0 Å². The van der Waals surface area contributed by atoms with Crippen molar-refractivity contribution in [2.45, 2.75) is 32.7 Å². The molecule has 0 bridgehead atoms. The van der Waals surface area contributed by atoms with Crippen molar-refractivity contribution < 1.29 is 4.79 Å². The molecule has 1 heterocycles. The topological polar surface area (TPSA) is 58.1 Å². The van der Waals surface area contributed by atoms with Crippen LogP contribution in [0.25, 0.3) is 0 Å². The summed E-state index contributed by atoms with van der Waals surface area (Å²) in [6.07, 6.45) is 6.63. The molecule has 1 aromatic carbocycles. The maximum atomic E-state index is 12.4. The number of benzene rings is 1. The summed E-state index contributed by atoms with van der Waals surface area (Å²) in [6, 6.07) is 9.91. The van der Waals surface area contributed by atoms with Gasteiger partial charge in [0.25, 0.3) is 5.91 Å². The van der Waals surface area contributed by atoms with Gasteiger partial charge in [0.15, 0.2) is 0 Å². The Balaban J connectivity index is 1.89. The predicted molar refractivity (Wildman–Crippen MR) is 92.3 cm³/mol. The largest absolute Gasteiger partial charge is 0.354 e. The van der Waals surface area contributed by atoms with Crippen molar-refractivity contribution in [3.05, 3.63) is 53.9 Å². The lowest BCUT2D eigenvalue weighted by atomic mass is 10.2. The summed E-state index contributed by atoms with van der Waals surface area (Å²) in [5.74, 6) is 0.495. The fourth-order valence-electron chi connectivity index (χ4n) is 2.25. The third kappa shape index (κ3) is 5.36. The Morgan fingerprint density at radius 2 is 1.83 bits per heavy atom. The number of nitrogens with zero attached hydrogens (tertiary/aromatic N) is 3. The Bertz CT molecular complexity index is 598. The molecule has 0 aliphatic heterocycles. The second-order valence-corrected chi connectivity index (χ2v) is 5.58. The molecule has 0 saturated carbocycles. The molecule has 2 rings (SSSR count). The number of anilines is 1. The van der Waals surface area contributed by atoms with Gasteiger partial charge >= 0.3 is 0 Å². The molecule has 5 nitrogen and oxygen atoms in total. The van der Waals surface area contributed by atoms with Crippen molar-refractivity contribution >= 4 is 11.9 Å². The lowest BCUT2D eigenvalue weighted by molar-refractivity contribution is 0.0784. The second kappa shape index (κ2) is 8.88. The molecule has 23 heavy (non-hydrogen) atoms. The van der Waals surface area contributed by atoms with E-state index < -0.39 is 0 Å². The maximum absolute atomic E-state index is 12.4. The molecule has 0 radical (unpaired) electrons. The molecule has 0 spiro atoms. The average molecular weight is 312 g/mol. The first-order chi connectivity index (χ1) is 11.2. The summed E-state index contributed by atoms with van der Waals surface area (Å²) in [5.41, 5.74) is 1.60. The normalized spacial score (nSPS) is 10.3. The summed E-state index contributed by atoms with van der Waals surface area (Å²) in [4.78, 5) is 22.5. The highest BCUT2D eigenvalue weighted by Crippen LogP contribution is 2.08. The van der Waals surface area contributed by atoms with Crippen molar-refractivity contribution in [1.29, 1.82) is 0 Å². The smallest absolute Gasteiger partial charge is 0.257 e. The number of hydrogen-bond acceptors (Lipinski definition) is 4. The maximum Gasteiger partial charge on any atom is 0.257 e. The Morgan fingerprint density at radius 1 is 1.13 bits per heavy atom. The van der Waals surface area contributed by atoms with Crippen LogP contribution in [-0.4, -0.2) is 34.4 Å². The SMILES string of the molecule is CCCCCNc1ncc(C(=O)N(C)Cc2ccccc2)cn1. The Labute approximate surface area is 137 Å². The van der Waals surface area contributed by atoms with Gasteiger partial charge in [-0.15, -0.1) is 0 Å². The van der Waals surface area contributed by atoms with Gasteiger partial charge in [-0.05, 0) is 12.0 Å². The number of nitrogens with one attached hydrogen (secondary N) is 1. The predicted octanol–water partition coefficient (Wildman–Crippen LogP) is 3.35. The highest BCUT2D eigenvalue weighted by molar-refractivity contribution is 5.93. The Hall–Kier alpha value is -2.43. The van der Waals surface area contributed by atoms with Crippen LogP contribution < -0.4 is 5.32 Å². The van der Waals surface area contributed by atoms with Gasteiger partial charge in [-0.2, -0.15) is 0 Å². The van der Waals surface area contributed by atoms with E-state index >= 15 is 0 Å². The van der Waals surface area contributed by atoms with Crippen molar-refractivity contribution in [3.8, 4) is 0 Å². The molecule has 0 unspecified atom stereocenters. The monoisotopic (exact) mass is 312 g/mol. The third-order valence-electron chi connectivity index (χ3n) is 3.57. The molecule has 0 saturated heterocycles. The molecule has 5 heteroatoms. The summed E-state index contributed by atoms with van der Waals surface area (Å²) in [6.45, 7) is 3.59. The van der Waals surface area contributed by atoms with E-state index in [1.165, 1.54) is 12.8 Å².